The van der Waals surface area contributed by atoms with Gasteiger partial charge in [-0.2, -0.15) is 4.98 Å². The quantitative estimate of drug-likeness (QED) is 0.601. The highest BCUT2D eigenvalue weighted by Crippen LogP contribution is 2.21. The molecule has 0 unspecified atom stereocenters. The molecular formula is C21H25N5O2S. The van der Waals surface area contributed by atoms with Gasteiger partial charge in [-0.15, -0.1) is 5.10 Å². The van der Waals surface area contributed by atoms with Crippen LogP contribution in [0.2, 0.25) is 0 Å². The first-order chi connectivity index (χ1) is 14.0. The molecule has 0 spiro atoms. The molecule has 1 aliphatic heterocycles. The van der Waals surface area contributed by atoms with Gasteiger partial charge in [-0.1, -0.05) is 41.6 Å². The predicted octanol–water partition coefficient (Wildman–Crippen LogP) is 2.59. The third-order valence-electron chi connectivity index (χ3n) is 5.22. The van der Waals surface area contributed by atoms with Gasteiger partial charge < -0.3 is 9.64 Å². The summed E-state index contributed by atoms with van der Waals surface area (Å²) >= 11 is 1.36. The number of amides is 1. The molecule has 2 aromatic heterocycles. The van der Waals surface area contributed by atoms with Gasteiger partial charge >= 0.3 is 0 Å². The van der Waals surface area contributed by atoms with Gasteiger partial charge in [-0.25, -0.2) is 9.50 Å². The number of hydrogen-bond acceptors (Lipinski definition) is 6. The van der Waals surface area contributed by atoms with Crippen molar-refractivity contribution >= 4 is 23.4 Å². The monoisotopic (exact) mass is 411 g/mol. The first-order valence-electron chi connectivity index (χ1n) is 9.78. The van der Waals surface area contributed by atoms with E-state index in [1.807, 2.05) is 18.7 Å². The van der Waals surface area contributed by atoms with Crippen LogP contribution in [0, 0.1) is 20.8 Å². The van der Waals surface area contributed by atoms with Gasteiger partial charge in [0.15, 0.2) is 0 Å². The summed E-state index contributed by atoms with van der Waals surface area (Å²) in [6.07, 6.45) is 0.804. The Kier molecular flexibility index (Phi) is 5.82. The second kappa shape index (κ2) is 8.51. The summed E-state index contributed by atoms with van der Waals surface area (Å²) in [6.45, 7) is 8.67. The van der Waals surface area contributed by atoms with Crippen molar-refractivity contribution in [2.45, 2.75) is 32.3 Å². The lowest BCUT2D eigenvalue weighted by Gasteiger charge is -2.26. The number of aromatic nitrogens is 4. The molecule has 7 nitrogen and oxygen atoms in total. The minimum absolute atomic E-state index is 0.0954. The Morgan fingerprint density at radius 1 is 1.10 bits per heavy atom. The van der Waals surface area contributed by atoms with E-state index in [1.165, 1.54) is 22.9 Å². The molecule has 0 bridgehead atoms. The largest absolute Gasteiger partial charge is 0.378 e. The molecule has 1 aliphatic rings. The number of nitrogens with zero attached hydrogens (tertiary/aromatic N) is 5. The number of morpholine rings is 1. The van der Waals surface area contributed by atoms with Crippen molar-refractivity contribution in [1.29, 1.82) is 0 Å². The van der Waals surface area contributed by atoms with Crippen LogP contribution in [0.1, 0.15) is 28.1 Å². The van der Waals surface area contributed by atoms with Gasteiger partial charge in [-0.05, 0) is 31.9 Å². The zero-order chi connectivity index (χ0) is 20.4. The number of carbonyl (C=O) groups is 1. The molecule has 3 aromatic rings. The molecule has 0 saturated carbocycles. The third kappa shape index (κ3) is 4.43. The van der Waals surface area contributed by atoms with Gasteiger partial charge in [0.05, 0.1) is 19.0 Å². The minimum atomic E-state index is 0.0954. The van der Waals surface area contributed by atoms with Crippen LogP contribution in [-0.2, 0) is 16.0 Å². The second-order valence-corrected chi connectivity index (χ2v) is 8.25. The third-order valence-corrected chi connectivity index (χ3v) is 6.04. The van der Waals surface area contributed by atoms with Crippen molar-refractivity contribution in [2.24, 2.45) is 0 Å². The minimum Gasteiger partial charge on any atom is -0.378 e. The molecule has 1 fully saturated rings. The van der Waals surface area contributed by atoms with Crippen LogP contribution in [0.25, 0.3) is 5.78 Å². The van der Waals surface area contributed by atoms with Gasteiger partial charge in [0.25, 0.3) is 5.78 Å². The average Bonchev–Trinajstić information content (AvgIpc) is 3.14. The highest BCUT2D eigenvalue weighted by Gasteiger charge is 2.19. The standard InChI is InChI=1S/C21H25N5O2S/c1-14-4-6-17(7-5-14)12-18-15(2)22-20-23-21(24-26(20)16(18)3)29-13-19(27)25-8-10-28-11-9-25/h4-7H,8-13H2,1-3H3. The van der Waals surface area contributed by atoms with E-state index in [2.05, 4.69) is 46.3 Å². The lowest BCUT2D eigenvalue weighted by molar-refractivity contribution is -0.132. The van der Waals surface area contributed by atoms with E-state index in [0.29, 0.717) is 43.0 Å². The summed E-state index contributed by atoms with van der Waals surface area (Å²) in [5.41, 5.74) is 5.65. The zero-order valence-electron chi connectivity index (χ0n) is 17.0. The summed E-state index contributed by atoms with van der Waals surface area (Å²) in [7, 11) is 0. The molecule has 0 radical (unpaired) electrons. The van der Waals surface area contributed by atoms with Crippen LogP contribution < -0.4 is 0 Å². The van der Waals surface area contributed by atoms with Crippen molar-refractivity contribution in [3.8, 4) is 0 Å². The lowest BCUT2D eigenvalue weighted by atomic mass is 10.0. The summed E-state index contributed by atoms with van der Waals surface area (Å²) < 4.78 is 7.09. The normalized spacial score (nSPS) is 14.5. The van der Waals surface area contributed by atoms with Crippen molar-refractivity contribution in [2.75, 3.05) is 32.1 Å². The number of thioether (sulfide) groups is 1. The van der Waals surface area contributed by atoms with Crippen LogP contribution in [0.4, 0.5) is 0 Å². The van der Waals surface area contributed by atoms with E-state index in [0.717, 1.165) is 23.4 Å². The SMILES string of the molecule is Cc1ccc(Cc2c(C)nc3nc(SCC(=O)N4CCOCC4)nn3c2C)cc1. The number of rotatable bonds is 5. The smallest absolute Gasteiger partial charge is 0.253 e. The molecule has 0 N–H and O–H groups in total. The predicted molar refractivity (Wildman–Crippen MR) is 112 cm³/mol. The second-order valence-electron chi connectivity index (χ2n) is 7.31. The Morgan fingerprint density at radius 2 is 1.83 bits per heavy atom. The molecule has 1 aromatic carbocycles. The van der Waals surface area contributed by atoms with Gasteiger partial charge in [0, 0.05) is 30.9 Å². The van der Waals surface area contributed by atoms with Crippen molar-refractivity contribution < 1.29 is 9.53 Å². The number of fused-ring (bicyclic) bond motifs is 1. The number of ether oxygens (including phenoxy) is 1. The molecule has 3 heterocycles. The molecule has 1 amide bonds. The fourth-order valence-electron chi connectivity index (χ4n) is 3.45. The van der Waals surface area contributed by atoms with E-state index in [-0.39, 0.29) is 5.91 Å². The van der Waals surface area contributed by atoms with Crippen LogP contribution in [0.3, 0.4) is 0 Å². The van der Waals surface area contributed by atoms with E-state index < -0.39 is 0 Å². The van der Waals surface area contributed by atoms with Gasteiger partial charge in [-0.3, -0.25) is 4.79 Å². The van der Waals surface area contributed by atoms with E-state index in [1.54, 1.807) is 4.52 Å². The van der Waals surface area contributed by atoms with E-state index in [9.17, 15) is 4.79 Å². The number of benzene rings is 1. The Labute approximate surface area is 174 Å². The topological polar surface area (TPSA) is 72.6 Å². The molecule has 8 heteroatoms. The maximum absolute atomic E-state index is 12.4. The van der Waals surface area contributed by atoms with Crippen LogP contribution in [-0.4, -0.2) is 62.4 Å². The molecular weight excluding hydrogens is 386 g/mol. The fraction of sp³-hybridized carbons (Fsp3) is 0.429. The lowest BCUT2D eigenvalue weighted by Crippen LogP contribution is -2.41. The number of aryl methyl sites for hydroxylation is 3. The molecule has 0 atom stereocenters. The van der Waals surface area contributed by atoms with Crippen molar-refractivity contribution in [1.82, 2.24) is 24.5 Å². The maximum atomic E-state index is 12.4. The van der Waals surface area contributed by atoms with E-state index in [4.69, 9.17) is 4.74 Å². The molecule has 152 valence electrons. The Morgan fingerprint density at radius 3 is 2.55 bits per heavy atom. The van der Waals surface area contributed by atoms with Crippen LogP contribution in [0.15, 0.2) is 29.4 Å². The zero-order valence-corrected chi connectivity index (χ0v) is 17.8. The average molecular weight is 412 g/mol. The summed E-state index contributed by atoms with van der Waals surface area (Å²) in [5.74, 6) is 0.998. The molecule has 1 saturated heterocycles. The molecule has 0 aliphatic carbocycles. The first-order valence-corrected chi connectivity index (χ1v) is 10.8. The maximum Gasteiger partial charge on any atom is 0.253 e. The first kappa shape index (κ1) is 19.8. The fourth-order valence-corrected chi connectivity index (χ4v) is 4.17. The number of carbonyl (C=O) groups excluding carboxylic acids is 1. The molecule has 4 rings (SSSR count). The van der Waals surface area contributed by atoms with Crippen molar-refractivity contribution in [3.05, 3.63) is 52.3 Å². The summed E-state index contributed by atoms with van der Waals surface area (Å²) in [4.78, 5) is 23.4. The Hall–Kier alpha value is -2.45. The Balaban J connectivity index is 1.52. The molecule has 29 heavy (non-hydrogen) atoms. The number of hydrogen-bond donors (Lipinski definition) is 0. The van der Waals surface area contributed by atoms with Gasteiger partial charge in [0.2, 0.25) is 11.1 Å². The van der Waals surface area contributed by atoms with Crippen LogP contribution >= 0.6 is 11.8 Å². The van der Waals surface area contributed by atoms with Crippen molar-refractivity contribution in [3.63, 3.8) is 0 Å². The Bertz CT molecular complexity index is 1030. The highest BCUT2D eigenvalue weighted by molar-refractivity contribution is 7.99. The highest BCUT2D eigenvalue weighted by atomic mass is 32.2. The van der Waals surface area contributed by atoms with Gasteiger partial charge in [0.1, 0.15) is 0 Å². The van der Waals surface area contributed by atoms with Crippen LogP contribution in [0.5, 0.6) is 0 Å². The summed E-state index contributed by atoms with van der Waals surface area (Å²) in [6, 6.07) is 8.56. The van der Waals surface area contributed by atoms with E-state index >= 15 is 0 Å². The summed E-state index contributed by atoms with van der Waals surface area (Å²) in [5, 5.41) is 5.18.